The first kappa shape index (κ1) is 14.8. The van der Waals surface area contributed by atoms with Gasteiger partial charge in [-0.05, 0) is 30.4 Å². The number of benzene rings is 1. The van der Waals surface area contributed by atoms with Crippen LogP contribution in [0.1, 0.15) is 27.1 Å². The molecule has 0 spiro atoms. The fourth-order valence-electron chi connectivity index (χ4n) is 3.96. The van der Waals surface area contributed by atoms with Crippen LogP contribution >= 0.6 is 0 Å². The summed E-state index contributed by atoms with van der Waals surface area (Å²) in [6.45, 7) is 0. The van der Waals surface area contributed by atoms with E-state index in [9.17, 15) is 30.0 Å². The van der Waals surface area contributed by atoms with Gasteiger partial charge in [0, 0.05) is 0 Å². The van der Waals surface area contributed by atoms with E-state index in [4.69, 9.17) is 0 Å². The van der Waals surface area contributed by atoms with Crippen molar-refractivity contribution < 1.29 is 30.0 Å². The van der Waals surface area contributed by atoms with Crippen LogP contribution in [0, 0.1) is 11.8 Å². The van der Waals surface area contributed by atoms with Crippen molar-refractivity contribution in [3.63, 3.8) is 0 Å². The highest BCUT2D eigenvalue weighted by atomic mass is 16.4. The molecular weight excluding hydrogens is 302 g/mol. The Morgan fingerprint density at radius 3 is 1.87 bits per heavy atom. The lowest BCUT2D eigenvalue weighted by Gasteiger charge is -2.33. The van der Waals surface area contributed by atoms with Crippen molar-refractivity contribution in [3.05, 3.63) is 35.4 Å². The van der Waals surface area contributed by atoms with Crippen LogP contribution in [-0.4, -0.2) is 67.6 Å². The predicted octanol–water partition coefficient (Wildman–Crippen LogP) is -1.26. The molecule has 23 heavy (non-hydrogen) atoms. The van der Waals surface area contributed by atoms with Crippen molar-refractivity contribution in [2.45, 2.75) is 36.9 Å². The number of carbonyl (C=O) groups excluding carboxylic acids is 2. The Balaban J connectivity index is 1.74. The van der Waals surface area contributed by atoms with Gasteiger partial charge in [0.1, 0.15) is 18.3 Å². The number of hydrogen-bond acceptors (Lipinski definition) is 6. The second kappa shape index (κ2) is 4.85. The van der Waals surface area contributed by atoms with Crippen molar-refractivity contribution >= 4 is 11.8 Å². The number of carbonyl (C=O) groups is 2. The summed E-state index contributed by atoms with van der Waals surface area (Å²) in [6, 6.07) is 5.44. The number of amides is 2. The van der Waals surface area contributed by atoms with Crippen LogP contribution in [0.25, 0.3) is 0 Å². The number of fused-ring (bicyclic) bond motifs is 2. The molecule has 0 aromatic heterocycles. The van der Waals surface area contributed by atoms with Crippen LogP contribution in [0.2, 0.25) is 0 Å². The summed E-state index contributed by atoms with van der Waals surface area (Å²) in [7, 11) is 0. The second-order valence-electron chi connectivity index (χ2n) is 6.54. The van der Waals surface area contributed by atoms with Crippen molar-refractivity contribution in [2.75, 3.05) is 0 Å². The highest BCUT2D eigenvalue weighted by molar-refractivity contribution is 6.21. The molecule has 0 saturated heterocycles. The van der Waals surface area contributed by atoms with Crippen LogP contribution in [0.4, 0.5) is 0 Å². The van der Waals surface area contributed by atoms with Gasteiger partial charge in [-0.1, -0.05) is 12.1 Å². The maximum Gasteiger partial charge on any atom is 0.261 e. The molecule has 2 aliphatic carbocycles. The average Bonchev–Trinajstić information content (AvgIpc) is 3.31. The third-order valence-electron chi connectivity index (χ3n) is 5.29. The molecule has 4 N–H and O–H groups in total. The van der Waals surface area contributed by atoms with Crippen LogP contribution < -0.4 is 0 Å². The van der Waals surface area contributed by atoms with Gasteiger partial charge in [0.2, 0.25) is 0 Å². The Hall–Kier alpha value is -1.80. The highest BCUT2D eigenvalue weighted by Crippen LogP contribution is 2.51. The highest BCUT2D eigenvalue weighted by Gasteiger charge is 2.61. The normalized spacial score (nSPS) is 42.3. The molecule has 7 heteroatoms. The number of nitrogens with zero attached hydrogens (tertiary/aromatic N) is 1. The smallest absolute Gasteiger partial charge is 0.261 e. The van der Waals surface area contributed by atoms with Gasteiger partial charge in [0.25, 0.3) is 11.8 Å². The summed E-state index contributed by atoms with van der Waals surface area (Å²) in [4.78, 5) is 26.2. The standard InChI is InChI=1S/C16H17NO6/c18-11-9-5-8(9)10(12(19)14(21)13(11)20)17-15(22)6-3-1-2-4-7(6)16(17)23/h1-4,8-14,18-21H,5H2/t8-,9+,10-,11-,12+,13-,14-/m1/s1. The van der Waals surface area contributed by atoms with E-state index in [0.29, 0.717) is 6.42 Å². The van der Waals surface area contributed by atoms with Gasteiger partial charge in [0.05, 0.1) is 23.3 Å². The van der Waals surface area contributed by atoms with E-state index in [1.165, 1.54) is 0 Å². The Morgan fingerprint density at radius 1 is 0.783 bits per heavy atom. The molecule has 2 saturated carbocycles. The molecule has 4 rings (SSSR count). The average molecular weight is 319 g/mol. The molecule has 1 aromatic rings. The number of imide groups is 1. The summed E-state index contributed by atoms with van der Waals surface area (Å²) in [5, 5.41) is 40.4. The van der Waals surface area contributed by atoms with Crippen LogP contribution in [0.15, 0.2) is 24.3 Å². The zero-order valence-electron chi connectivity index (χ0n) is 12.1. The predicted molar refractivity (Wildman–Crippen MR) is 76.4 cm³/mol. The molecule has 0 bridgehead atoms. The first-order valence-corrected chi connectivity index (χ1v) is 7.62. The topological polar surface area (TPSA) is 118 Å². The van der Waals surface area contributed by atoms with Gasteiger partial charge < -0.3 is 20.4 Å². The van der Waals surface area contributed by atoms with Gasteiger partial charge >= 0.3 is 0 Å². The SMILES string of the molecule is O=C1c2ccccc2C(=O)N1[C@H]1[C@H](O)[C@@H](O)[C@H](O)[C@H](O)[C@H]2C[C@H]21. The Kier molecular flexibility index (Phi) is 3.11. The molecule has 2 fully saturated rings. The fourth-order valence-corrected chi connectivity index (χ4v) is 3.96. The largest absolute Gasteiger partial charge is 0.390 e. The minimum atomic E-state index is -1.62. The molecule has 7 atom stereocenters. The number of aliphatic hydroxyl groups is 4. The Bertz CT molecular complexity index is 656. The summed E-state index contributed by atoms with van der Waals surface area (Å²) in [5.74, 6) is -1.70. The third-order valence-corrected chi connectivity index (χ3v) is 5.29. The molecule has 0 radical (unpaired) electrons. The zero-order chi connectivity index (χ0) is 16.5. The number of rotatable bonds is 1. The molecule has 1 aromatic carbocycles. The molecule has 7 nitrogen and oxygen atoms in total. The van der Waals surface area contributed by atoms with Gasteiger partial charge in [-0.2, -0.15) is 0 Å². The van der Waals surface area contributed by atoms with Gasteiger partial charge in [-0.15, -0.1) is 0 Å². The van der Waals surface area contributed by atoms with Gasteiger partial charge in [0.15, 0.2) is 0 Å². The van der Waals surface area contributed by atoms with Crippen LogP contribution in [-0.2, 0) is 0 Å². The zero-order valence-corrected chi connectivity index (χ0v) is 12.1. The molecule has 2 amide bonds. The maximum absolute atomic E-state index is 12.6. The molecule has 0 unspecified atom stereocenters. The number of hydrogen-bond donors (Lipinski definition) is 4. The Morgan fingerprint density at radius 2 is 1.30 bits per heavy atom. The summed E-state index contributed by atoms with van der Waals surface area (Å²) in [5.41, 5.74) is 0.531. The maximum atomic E-state index is 12.6. The molecule has 1 heterocycles. The van der Waals surface area contributed by atoms with Crippen molar-refractivity contribution in [1.82, 2.24) is 4.90 Å². The summed E-state index contributed by atoms with van der Waals surface area (Å²) >= 11 is 0. The van der Waals surface area contributed by atoms with Crippen LogP contribution in [0.5, 0.6) is 0 Å². The van der Waals surface area contributed by atoms with Crippen molar-refractivity contribution in [1.29, 1.82) is 0 Å². The first-order valence-electron chi connectivity index (χ1n) is 7.62. The number of aliphatic hydroxyl groups excluding tert-OH is 4. The summed E-state index contributed by atoms with van der Waals surface area (Å²) in [6.07, 6.45) is -5.31. The first-order chi connectivity index (χ1) is 10.9. The van der Waals surface area contributed by atoms with Crippen molar-refractivity contribution in [3.8, 4) is 0 Å². The van der Waals surface area contributed by atoms with Crippen molar-refractivity contribution in [2.24, 2.45) is 11.8 Å². The van der Waals surface area contributed by atoms with E-state index >= 15 is 0 Å². The minimum Gasteiger partial charge on any atom is -0.390 e. The van der Waals surface area contributed by atoms with E-state index in [1.807, 2.05) is 0 Å². The lowest BCUT2D eigenvalue weighted by Crippen LogP contribution is -2.54. The summed E-state index contributed by atoms with van der Waals surface area (Å²) < 4.78 is 0. The molecular formula is C16H17NO6. The Labute approximate surface area is 131 Å². The quantitative estimate of drug-likeness (QED) is 0.480. The van der Waals surface area contributed by atoms with E-state index in [-0.39, 0.29) is 23.0 Å². The fraction of sp³-hybridized carbons (Fsp3) is 0.500. The lowest BCUT2D eigenvalue weighted by molar-refractivity contribution is -0.111. The monoisotopic (exact) mass is 319 g/mol. The van der Waals surface area contributed by atoms with Gasteiger partial charge in [-0.3, -0.25) is 14.5 Å². The van der Waals surface area contributed by atoms with E-state index < -0.39 is 42.3 Å². The lowest BCUT2D eigenvalue weighted by atomic mass is 9.98. The van der Waals surface area contributed by atoms with E-state index in [2.05, 4.69) is 0 Å². The van der Waals surface area contributed by atoms with E-state index in [1.54, 1.807) is 24.3 Å². The van der Waals surface area contributed by atoms with Gasteiger partial charge in [-0.25, -0.2) is 0 Å². The molecule has 122 valence electrons. The van der Waals surface area contributed by atoms with Crippen LogP contribution in [0.3, 0.4) is 0 Å². The minimum absolute atomic E-state index is 0.265. The second-order valence-corrected chi connectivity index (χ2v) is 6.54. The molecule has 1 aliphatic heterocycles. The van der Waals surface area contributed by atoms with E-state index in [0.717, 1.165) is 4.90 Å². The molecule has 3 aliphatic rings. The third kappa shape index (κ3) is 1.91.